The first-order valence-corrected chi connectivity index (χ1v) is 10.5. The number of likely N-dealkylation sites (tertiary alicyclic amines) is 1. The Hall–Kier alpha value is -2.40. The normalized spacial score (nSPS) is 17.5. The number of hydrogen-bond donors (Lipinski definition) is 0. The molecule has 29 heavy (non-hydrogen) atoms. The summed E-state index contributed by atoms with van der Waals surface area (Å²) in [6, 6.07) is 15.0. The Labute approximate surface area is 174 Å². The van der Waals surface area contributed by atoms with Gasteiger partial charge in [0.25, 0.3) is 0 Å². The Kier molecular flexibility index (Phi) is 6.58. The molecule has 0 aliphatic carbocycles. The van der Waals surface area contributed by atoms with Crippen LogP contribution in [0.3, 0.4) is 0 Å². The minimum Gasteiger partial charge on any atom is -0.443 e. The molecule has 1 atom stereocenters. The molecule has 0 N–H and O–H groups in total. The number of ether oxygens (including phenoxy) is 1. The molecule has 0 unspecified atom stereocenters. The lowest BCUT2D eigenvalue weighted by Gasteiger charge is -2.30. The fourth-order valence-corrected chi connectivity index (χ4v) is 3.83. The van der Waals surface area contributed by atoms with Crippen molar-refractivity contribution in [3.8, 4) is 0 Å². The Morgan fingerprint density at radius 3 is 2.52 bits per heavy atom. The van der Waals surface area contributed by atoms with Gasteiger partial charge in [0.15, 0.2) is 0 Å². The second-order valence-electron chi connectivity index (χ2n) is 9.01. The minimum absolute atomic E-state index is 0.0377. The molecular weight excluding hydrogens is 362 g/mol. The van der Waals surface area contributed by atoms with Crippen LogP contribution < -0.4 is 4.90 Å². The number of benzene rings is 1. The van der Waals surface area contributed by atoms with Crippen LogP contribution in [0.5, 0.6) is 0 Å². The Morgan fingerprint density at radius 2 is 1.93 bits per heavy atom. The van der Waals surface area contributed by atoms with Crippen molar-refractivity contribution in [2.75, 3.05) is 11.4 Å². The minimum atomic E-state index is -0.536. The van der Waals surface area contributed by atoms with E-state index in [4.69, 9.17) is 4.74 Å². The van der Waals surface area contributed by atoms with Crippen molar-refractivity contribution >= 4 is 11.9 Å². The molecule has 1 aliphatic rings. The van der Waals surface area contributed by atoms with Gasteiger partial charge < -0.3 is 4.74 Å². The molecule has 3 rings (SSSR count). The Morgan fingerprint density at radius 1 is 1.21 bits per heavy atom. The highest BCUT2D eigenvalue weighted by molar-refractivity contribution is 5.87. The van der Waals surface area contributed by atoms with Gasteiger partial charge in [-0.25, -0.2) is 9.78 Å². The van der Waals surface area contributed by atoms with E-state index in [-0.39, 0.29) is 12.1 Å². The standard InChI is InChI=1S/C24H33N3O2/c1-18(2)27(23(28)29-24(3,4)5)22-14-13-20(16-25-22)21-12-9-15-26(21)17-19-10-7-6-8-11-19/h6-8,10-11,13-14,16,18,21H,9,12,15,17H2,1-5H3/t21-/m0/s1. The second kappa shape index (κ2) is 8.95. The number of anilines is 1. The van der Waals surface area contributed by atoms with Gasteiger partial charge in [-0.2, -0.15) is 0 Å². The SMILES string of the molecule is CC(C)N(C(=O)OC(C)(C)C)c1ccc([C@@H]2CCCN2Cc2ccccc2)cn1. The smallest absolute Gasteiger partial charge is 0.416 e. The van der Waals surface area contributed by atoms with Crippen LogP contribution in [0.1, 0.15) is 64.6 Å². The van der Waals surface area contributed by atoms with E-state index in [1.54, 1.807) is 4.90 Å². The summed E-state index contributed by atoms with van der Waals surface area (Å²) in [4.78, 5) is 21.4. The molecule has 1 aromatic carbocycles. The lowest BCUT2D eigenvalue weighted by molar-refractivity contribution is 0.0569. The van der Waals surface area contributed by atoms with Crippen LogP contribution in [0.2, 0.25) is 0 Å². The van der Waals surface area contributed by atoms with Gasteiger partial charge in [-0.15, -0.1) is 0 Å². The molecular formula is C24H33N3O2. The average molecular weight is 396 g/mol. The van der Waals surface area contributed by atoms with E-state index in [1.165, 1.54) is 17.5 Å². The van der Waals surface area contributed by atoms with Gasteiger partial charge in [0, 0.05) is 24.8 Å². The first-order valence-electron chi connectivity index (χ1n) is 10.5. The molecule has 0 bridgehead atoms. The van der Waals surface area contributed by atoms with Gasteiger partial charge in [-0.3, -0.25) is 9.80 Å². The average Bonchev–Trinajstić information content (AvgIpc) is 3.09. The number of nitrogens with zero attached hydrogens (tertiary/aromatic N) is 3. The summed E-state index contributed by atoms with van der Waals surface area (Å²) in [6.07, 6.45) is 3.88. The Bertz CT molecular complexity index is 797. The van der Waals surface area contributed by atoms with Gasteiger partial charge in [0.1, 0.15) is 11.4 Å². The first kappa shape index (κ1) is 21.3. The van der Waals surface area contributed by atoms with Gasteiger partial charge >= 0.3 is 6.09 Å². The molecule has 1 amide bonds. The monoisotopic (exact) mass is 395 g/mol. The van der Waals surface area contributed by atoms with E-state index >= 15 is 0 Å². The fraction of sp³-hybridized carbons (Fsp3) is 0.500. The molecule has 1 aliphatic heterocycles. The lowest BCUT2D eigenvalue weighted by Crippen LogP contribution is -2.41. The van der Waals surface area contributed by atoms with Gasteiger partial charge in [-0.05, 0) is 71.2 Å². The van der Waals surface area contributed by atoms with Crippen LogP contribution in [0, 0.1) is 0 Å². The van der Waals surface area contributed by atoms with Crippen LogP contribution >= 0.6 is 0 Å². The number of hydrogen-bond acceptors (Lipinski definition) is 4. The van der Waals surface area contributed by atoms with Gasteiger partial charge in [0.05, 0.1) is 0 Å². The van der Waals surface area contributed by atoms with Crippen LogP contribution in [-0.4, -0.2) is 34.2 Å². The van der Waals surface area contributed by atoms with E-state index in [0.717, 1.165) is 19.5 Å². The highest BCUT2D eigenvalue weighted by atomic mass is 16.6. The molecule has 1 saturated heterocycles. The van der Waals surface area contributed by atoms with E-state index in [9.17, 15) is 4.79 Å². The highest BCUT2D eigenvalue weighted by Gasteiger charge is 2.29. The largest absolute Gasteiger partial charge is 0.443 e. The summed E-state index contributed by atoms with van der Waals surface area (Å²) in [5.41, 5.74) is 2.00. The Balaban J connectivity index is 1.75. The maximum absolute atomic E-state index is 12.7. The molecule has 5 nitrogen and oxygen atoms in total. The summed E-state index contributed by atoms with van der Waals surface area (Å²) < 4.78 is 5.57. The van der Waals surface area contributed by atoms with E-state index in [0.29, 0.717) is 11.9 Å². The van der Waals surface area contributed by atoms with Crippen molar-refractivity contribution in [3.05, 3.63) is 59.8 Å². The third-order valence-electron chi connectivity index (χ3n) is 5.10. The third kappa shape index (κ3) is 5.57. The second-order valence-corrected chi connectivity index (χ2v) is 9.01. The molecule has 2 aromatic rings. The highest BCUT2D eigenvalue weighted by Crippen LogP contribution is 2.33. The number of carbonyl (C=O) groups is 1. The molecule has 0 saturated carbocycles. The molecule has 1 fully saturated rings. The van der Waals surface area contributed by atoms with E-state index < -0.39 is 5.60 Å². The molecule has 156 valence electrons. The predicted molar refractivity (Wildman–Crippen MR) is 117 cm³/mol. The third-order valence-corrected chi connectivity index (χ3v) is 5.10. The van der Waals surface area contributed by atoms with Crippen LogP contribution in [0.4, 0.5) is 10.6 Å². The molecule has 0 spiro atoms. The van der Waals surface area contributed by atoms with Crippen molar-refractivity contribution in [1.29, 1.82) is 0 Å². The lowest BCUT2D eigenvalue weighted by atomic mass is 10.1. The number of amides is 1. The number of aromatic nitrogens is 1. The van der Waals surface area contributed by atoms with Crippen molar-refractivity contribution in [2.45, 2.75) is 71.7 Å². The van der Waals surface area contributed by atoms with Crippen molar-refractivity contribution in [1.82, 2.24) is 9.88 Å². The van der Waals surface area contributed by atoms with E-state index in [2.05, 4.69) is 46.3 Å². The quantitative estimate of drug-likeness (QED) is 0.664. The maximum atomic E-state index is 12.7. The van der Waals surface area contributed by atoms with Crippen molar-refractivity contribution in [3.63, 3.8) is 0 Å². The van der Waals surface area contributed by atoms with Crippen LogP contribution in [-0.2, 0) is 11.3 Å². The summed E-state index contributed by atoms with van der Waals surface area (Å²) in [5, 5.41) is 0. The number of carbonyl (C=O) groups excluding carboxylic acids is 1. The number of pyridine rings is 1. The summed E-state index contributed by atoms with van der Waals surface area (Å²) in [7, 11) is 0. The number of rotatable bonds is 5. The predicted octanol–water partition coefficient (Wildman–Crippen LogP) is 5.57. The zero-order valence-electron chi connectivity index (χ0n) is 18.3. The first-order chi connectivity index (χ1) is 13.7. The molecule has 5 heteroatoms. The fourth-order valence-electron chi connectivity index (χ4n) is 3.83. The summed E-state index contributed by atoms with van der Waals surface area (Å²) in [6.45, 7) is 11.6. The topological polar surface area (TPSA) is 45.7 Å². The molecule has 2 heterocycles. The van der Waals surface area contributed by atoms with Gasteiger partial charge in [-0.1, -0.05) is 36.4 Å². The van der Waals surface area contributed by atoms with Crippen molar-refractivity contribution in [2.24, 2.45) is 0 Å². The van der Waals surface area contributed by atoms with E-state index in [1.807, 2.05) is 46.9 Å². The zero-order valence-corrected chi connectivity index (χ0v) is 18.3. The summed E-state index contributed by atoms with van der Waals surface area (Å²) >= 11 is 0. The summed E-state index contributed by atoms with van der Waals surface area (Å²) in [5.74, 6) is 0.630. The van der Waals surface area contributed by atoms with Crippen molar-refractivity contribution < 1.29 is 9.53 Å². The zero-order chi connectivity index (χ0) is 21.0. The van der Waals surface area contributed by atoms with Crippen LogP contribution in [0.15, 0.2) is 48.7 Å². The molecule has 0 radical (unpaired) electrons. The van der Waals surface area contributed by atoms with Crippen LogP contribution in [0.25, 0.3) is 0 Å². The maximum Gasteiger partial charge on any atom is 0.416 e. The molecule has 1 aromatic heterocycles. The van der Waals surface area contributed by atoms with Gasteiger partial charge in [0.2, 0.25) is 0 Å².